The Morgan fingerprint density at radius 2 is 2.09 bits per heavy atom. The van der Waals surface area contributed by atoms with Crippen LogP contribution in [0.3, 0.4) is 0 Å². The van der Waals surface area contributed by atoms with Gasteiger partial charge in [0.15, 0.2) is 5.75 Å². The smallest absolute Gasteiger partial charge is 0.264 e. The Kier molecular flexibility index (Phi) is 4.23. The van der Waals surface area contributed by atoms with Crippen LogP contribution < -0.4 is 15.0 Å². The predicted octanol–water partition coefficient (Wildman–Crippen LogP) is 2.36. The van der Waals surface area contributed by atoms with Crippen molar-refractivity contribution in [2.24, 2.45) is 0 Å². The normalized spacial score (nSPS) is 12.7. The predicted molar refractivity (Wildman–Crippen MR) is 85.7 cm³/mol. The summed E-state index contributed by atoms with van der Waals surface area (Å²) in [5.41, 5.74) is 0.897. The average molecular weight is 311 g/mol. The Bertz CT molecular complexity index is 745. The molecule has 1 aliphatic rings. The number of ether oxygens (including phenoxy) is 1. The quantitative estimate of drug-likeness (QED) is 0.941. The second-order valence-electron chi connectivity index (χ2n) is 5.17. The van der Waals surface area contributed by atoms with Crippen LogP contribution in [0.4, 0.5) is 5.69 Å². The number of carbonyl (C=O) groups excluding carboxylic acids is 2. The zero-order chi connectivity index (χ0) is 16.2. The van der Waals surface area contributed by atoms with Crippen molar-refractivity contribution in [3.05, 3.63) is 48.2 Å². The molecule has 1 aliphatic heterocycles. The zero-order valence-corrected chi connectivity index (χ0v) is 12.8. The maximum atomic E-state index is 12.8. The van der Waals surface area contributed by atoms with Gasteiger partial charge in [0.25, 0.3) is 5.91 Å². The topological polar surface area (TPSA) is 71.5 Å². The van der Waals surface area contributed by atoms with Gasteiger partial charge in [-0.2, -0.15) is 0 Å². The number of hydrogen-bond acceptors (Lipinski definition) is 4. The van der Waals surface area contributed by atoms with Crippen molar-refractivity contribution >= 4 is 17.5 Å². The molecule has 0 spiro atoms. The summed E-state index contributed by atoms with van der Waals surface area (Å²) in [5.74, 6) is 0.245. The van der Waals surface area contributed by atoms with E-state index in [1.54, 1.807) is 36.5 Å². The summed E-state index contributed by atoms with van der Waals surface area (Å²) in [6, 6.07) is 10.4. The van der Waals surface area contributed by atoms with Crippen molar-refractivity contribution in [1.29, 1.82) is 0 Å². The van der Waals surface area contributed by atoms with Gasteiger partial charge in [0.2, 0.25) is 11.8 Å². The highest BCUT2D eigenvalue weighted by molar-refractivity contribution is 6.11. The largest absolute Gasteiger partial charge is 0.436 e. The van der Waals surface area contributed by atoms with E-state index >= 15 is 0 Å². The lowest BCUT2D eigenvalue weighted by atomic mass is 10.2. The Morgan fingerprint density at radius 1 is 1.26 bits per heavy atom. The summed E-state index contributed by atoms with van der Waals surface area (Å²) in [6.45, 7) is 2.49. The van der Waals surface area contributed by atoms with Gasteiger partial charge < -0.3 is 10.1 Å². The summed E-state index contributed by atoms with van der Waals surface area (Å²) >= 11 is 0. The first-order valence-electron chi connectivity index (χ1n) is 7.51. The molecule has 0 aliphatic carbocycles. The number of para-hydroxylation sites is 2. The standard InChI is InChI=1S/C17H17N3O3/c1-2-9-18-15(21)11-20-13-7-3-4-8-14(13)23-16-12(17(20)22)6-5-10-19-16/h3-8,10H,2,9,11H2,1H3,(H,18,21). The van der Waals surface area contributed by atoms with Gasteiger partial charge >= 0.3 is 0 Å². The fourth-order valence-corrected chi connectivity index (χ4v) is 2.38. The van der Waals surface area contributed by atoms with Gasteiger partial charge in [0.1, 0.15) is 12.1 Å². The molecule has 1 aromatic carbocycles. The van der Waals surface area contributed by atoms with Crippen LogP contribution in [0.1, 0.15) is 23.7 Å². The van der Waals surface area contributed by atoms with Crippen LogP contribution in [0, 0.1) is 0 Å². The molecule has 2 heterocycles. The average Bonchev–Trinajstić information content (AvgIpc) is 2.69. The molecule has 0 saturated heterocycles. The van der Waals surface area contributed by atoms with E-state index in [9.17, 15) is 9.59 Å². The number of amides is 2. The second-order valence-corrected chi connectivity index (χ2v) is 5.17. The minimum absolute atomic E-state index is 0.0620. The van der Waals surface area contributed by atoms with Crippen LogP contribution in [0.2, 0.25) is 0 Å². The number of carbonyl (C=O) groups is 2. The molecule has 0 fully saturated rings. The van der Waals surface area contributed by atoms with E-state index in [1.165, 1.54) is 4.90 Å². The molecule has 2 amide bonds. The van der Waals surface area contributed by atoms with Crippen molar-refractivity contribution in [3.8, 4) is 11.6 Å². The Hall–Kier alpha value is -2.89. The van der Waals surface area contributed by atoms with Gasteiger partial charge in [-0.3, -0.25) is 14.5 Å². The number of fused-ring (bicyclic) bond motifs is 2. The number of pyridine rings is 1. The molecule has 0 saturated carbocycles. The van der Waals surface area contributed by atoms with E-state index in [4.69, 9.17) is 4.74 Å². The first-order valence-corrected chi connectivity index (χ1v) is 7.51. The summed E-state index contributed by atoms with van der Waals surface area (Å²) in [7, 11) is 0. The number of anilines is 1. The van der Waals surface area contributed by atoms with Crippen molar-refractivity contribution in [2.45, 2.75) is 13.3 Å². The molecule has 0 radical (unpaired) electrons. The highest BCUT2D eigenvalue weighted by Gasteiger charge is 2.29. The monoisotopic (exact) mass is 311 g/mol. The van der Waals surface area contributed by atoms with Gasteiger partial charge in [-0.25, -0.2) is 4.98 Å². The van der Waals surface area contributed by atoms with Crippen LogP contribution in [0.25, 0.3) is 0 Å². The highest BCUT2D eigenvalue weighted by Crippen LogP contribution is 2.37. The molecule has 0 unspecified atom stereocenters. The van der Waals surface area contributed by atoms with Crippen LogP contribution in [-0.2, 0) is 4.79 Å². The van der Waals surface area contributed by atoms with E-state index in [0.29, 0.717) is 23.5 Å². The molecule has 6 heteroatoms. The summed E-state index contributed by atoms with van der Waals surface area (Å²) in [6.07, 6.45) is 2.41. The van der Waals surface area contributed by atoms with Crippen molar-refractivity contribution in [1.82, 2.24) is 10.3 Å². The van der Waals surface area contributed by atoms with Gasteiger partial charge in [0.05, 0.1) is 5.69 Å². The molecular formula is C17H17N3O3. The fourth-order valence-electron chi connectivity index (χ4n) is 2.38. The molecule has 6 nitrogen and oxygen atoms in total. The summed E-state index contributed by atoms with van der Waals surface area (Å²) < 4.78 is 5.76. The number of hydrogen-bond donors (Lipinski definition) is 1. The van der Waals surface area contributed by atoms with E-state index < -0.39 is 0 Å². The third-order valence-corrected chi connectivity index (χ3v) is 3.48. The lowest BCUT2D eigenvalue weighted by molar-refractivity contribution is -0.119. The number of aromatic nitrogens is 1. The lowest BCUT2D eigenvalue weighted by Gasteiger charge is -2.21. The van der Waals surface area contributed by atoms with Crippen molar-refractivity contribution < 1.29 is 14.3 Å². The van der Waals surface area contributed by atoms with E-state index in [-0.39, 0.29) is 24.2 Å². The lowest BCUT2D eigenvalue weighted by Crippen LogP contribution is -2.40. The highest BCUT2D eigenvalue weighted by atomic mass is 16.5. The van der Waals surface area contributed by atoms with E-state index in [2.05, 4.69) is 10.3 Å². The minimum atomic E-state index is -0.301. The number of nitrogens with one attached hydrogen (secondary N) is 1. The second kappa shape index (κ2) is 6.48. The van der Waals surface area contributed by atoms with E-state index in [0.717, 1.165) is 6.42 Å². The number of rotatable bonds is 4. The maximum absolute atomic E-state index is 12.8. The van der Waals surface area contributed by atoms with Crippen LogP contribution in [0.5, 0.6) is 11.6 Å². The maximum Gasteiger partial charge on any atom is 0.264 e. The molecule has 1 N–H and O–H groups in total. The summed E-state index contributed by atoms with van der Waals surface area (Å²) in [4.78, 5) is 30.5. The number of nitrogens with zero attached hydrogens (tertiary/aromatic N) is 2. The van der Waals surface area contributed by atoms with Crippen molar-refractivity contribution in [3.63, 3.8) is 0 Å². The molecule has 118 valence electrons. The Balaban J connectivity index is 1.99. The van der Waals surface area contributed by atoms with E-state index in [1.807, 2.05) is 13.0 Å². The van der Waals surface area contributed by atoms with Gasteiger partial charge in [0, 0.05) is 12.7 Å². The fraction of sp³-hybridized carbons (Fsp3) is 0.235. The Labute approximate surface area is 134 Å². The van der Waals surface area contributed by atoms with Gasteiger partial charge in [-0.1, -0.05) is 19.1 Å². The van der Waals surface area contributed by atoms with Gasteiger partial charge in [-0.15, -0.1) is 0 Å². The Morgan fingerprint density at radius 3 is 2.91 bits per heavy atom. The molecule has 0 atom stereocenters. The van der Waals surface area contributed by atoms with Crippen LogP contribution >= 0.6 is 0 Å². The first-order chi connectivity index (χ1) is 11.2. The van der Waals surface area contributed by atoms with Crippen LogP contribution in [-0.4, -0.2) is 29.9 Å². The third-order valence-electron chi connectivity index (χ3n) is 3.48. The number of benzene rings is 1. The summed E-state index contributed by atoms with van der Waals surface area (Å²) in [5, 5.41) is 2.79. The molecule has 3 rings (SSSR count). The SMILES string of the molecule is CCCNC(=O)CN1C(=O)c2cccnc2Oc2ccccc21. The first kappa shape index (κ1) is 15.0. The molecule has 23 heavy (non-hydrogen) atoms. The molecule has 0 bridgehead atoms. The van der Waals surface area contributed by atoms with Crippen LogP contribution in [0.15, 0.2) is 42.6 Å². The molecule has 2 aromatic rings. The van der Waals surface area contributed by atoms with Crippen molar-refractivity contribution in [2.75, 3.05) is 18.0 Å². The molecular weight excluding hydrogens is 294 g/mol. The molecule has 1 aromatic heterocycles. The minimum Gasteiger partial charge on any atom is -0.436 e. The third kappa shape index (κ3) is 3.01. The zero-order valence-electron chi connectivity index (χ0n) is 12.8. The van der Waals surface area contributed by atoms with Gasteiger partial charge in [-0.05, 0) is 30.7 Å².